The molecule has 0 atom stereocenters. The van der Waals surface area contributed by atoms with Crippen LogP contribution < -0.4 is 5.69 Å². The van der Waals surface area contributed by atoms with Gasteiger partial charge in [0.15, 0.2) is 5.65 Å². The molecule has 0 saturated heterocycles. The molecule has 0 fully saturated rings. The summed E-state index contributed by atoms with van der Waals surface area (Å²) in [5, 5.41) is 1.34. The van der Waals surface area contributed by atoms with Crippen LogP contribution in [0.2, 0.25) is 5.02 Å². The summed E-state index contributed by atoms with van der Waals surface area (Å²) >= 11 is 11.4. The van der Waals surface area contributed by atoms with Gasteiger partial charge in [-0.1, -0.05) is 29.9 Å². The highest BCUT2D eigenvalue weighted by Crippen LogP contribution is 2.18. The van der Waals surface area contributed by atoms with E-state index in [1.807, 2.05) is 25.1 Å². The van der Waals surface area contributed by atoms with Gasteiger partial charge in [0.1, 0.15) is 4.64 Å². The number of fused-ring (bicyclic) bond motifs is 1. The molecule has 6 heteroatoms. The first kappa shape index (κ1) is 14.0. The van der Waals surface area contributed by atoms with Gasteiger partial charge in [-0.25, -0.2) is 14.3 Å². The largest absolute Gasteiger partial charge is 0.335 e. The van der Waals surface area contributed by atoms with Crippen LogP contribution in [0, 0.1) is 4.64 Å². The minimum Gasteiger partial charge on any atom is -0.284 e. The van der Waals surface area contributed by atoms with Crippen LogP contribution in [0.1, 0.15) is 6.92 Å². The maximum atomic E-state index is 12.7. The number of pyridine rings is 1. The number of rotatable bonds is 2. The summed E-state index contributed by atoms with van der Waals surface area (Å²) in [6, 6.07) is 10.8. The van der Waals surface area contributed by atoms with Crippen molar-refractivity contribution in [3.63, 3.8) is 0 Å². The lowest BCUT2D eigenvalue weighted by molar-refractivity contribution is 0.673. The minimum atomic E-state index is -0.212. The lowest BCUT2D eigenvalue weighted by Crippen LogP contribution is -2.30. The van der Waals surface area contributed by atoms with Gasteiger partial charge in [0.2, 0.25) is 0 Å². The van der Waals surface area contributed by atoms with Crippen molar-refractivity contribution >= 4 is 34.9 Å². The van der Waals surface area contributed by atoms with Crippen molar-refractivity contribution in [2.75, 3.05) is 0 Å². The van der Waals surface area contributed by atoms with Gasteiger partial charge in [-0.3, -0.25) is 4.57 Å². The Bertz CT molecular complexity index is 946. The zero-order chi connectivity index (χ0) is 15.0. The first-order chi connectivity index (χ1) is 10.1. The van der Waals surface area contributed by atoms with Gasteiger partial charge < -0.3 is 0 Å². The zero-order valence-corrected chi connectivity index (χ0v) is 12.9. The van der Waals surface area contributed by atoms with Gasteiger partial charge in [0, 0.05) is 17.8 Å². The van der Waals surface area contributed by atoms with E-state index in [9.17, 15) is 4.79 Å². The molecule has 0 N–H and O–H groups in total. The maximum Gasteiger partial charge on any atom is 0.335 e. The number of hydrogen-bond acceptors (Lipinski definition) is 3. The molecule has 21 heavy (non-hydrogen) atoms. The van der Waals surface area contributed by atoms with E-state index in [0.29, 0.717) is 27.5 Å². The molecule has 0 amide bonds. The second-order valence-corrected chi connectivity index (χ2v) is 5.34. The molecule has 0 aliphatic heterocycles. The van der Waals surface area contributed by atoms with E-state index in [-0.39, 0.29) is 5.69 Å². The monoisotopic (exact) mass is 317 g/mol. The molecule has 0 spiro atoms. The number of aromatic nitrogens is 3. The summed E-state index contributed by atoms with van der Waals surface area (Å²) in [5.41, 5.74) is 1.00. The van der Waals surface area contributed by atoms with Gasteiger partial charge in [0.25, 0.3) is 0 Å². The minimum absolute atomic E-state index is 0.212. The lowest BCUT2D eigenvalue weighted by atomic mass is 10.3. The van der Waals surface area contributed by atoms with E-state index >= 15 is 0 Å². The molecule has 2 heterocycles. The number of benzene rings is 1. The zero-order valence-electron chi connectivity index (χ0n) is 11.3. The Morgan fingerprint density at radius 3 is 2.81 bits per heavy atom. The van der Waals surface area contributed by atoms with Crippen LogP contribution in [0.3, 0.4) is 0 Å². The van der Waals surface area contributed by atoms with Gasteiger partial charge in [-0.2, -0.15) is 0 Å². The van der Waals surface area contributed by atoms with Crippen LogP contribution >= 0.6 is 23.8 Å². The predicted molar refractivity (Wildman–Crippen MR) is 86.8 cm³/mol. The van der Waals surface area contributed by atoms with E-state index in [0.717, 1.165) is 5.39 Å². The van der Waals surface area contributed by atoms with Crippen LogP contribution in [0.5, 0.6) is 0 Å². The normalized spacial score (nSPS) is 11.0. The maximum absolute atomic E-state index is 12.7. The van der Waals surface area contributed by atoms with E-state index in [4.69, 9.17) is 23.8 Å². The van der Waals surface area contributed by atoms with E-state index in [1.165, 1.54) is 0 Å². The molecule has 1 aromatic carbocycles. The Hall–Kier alpha value is -1.98. The Morgan fingerprint density at radius 1 is 1.29 bits per heavy atom. The molecule has 0 aliphatic carbocycles. The fourth-order valence-corrected chi connectivity index (χ4v) is 2.86. The topological polar surface area (TPSA) is 39.8 Å². The van der Waals surface area contributed by atoms with Crippen LogP contribution in [-0.2, 0) is 6.54 Å². The molecule has 0 bridgehead atoms. The molecule has 0 saturated carbocycles. The van der Waals surface area contributed by atoms with Crippen LogP contribution in [0.4, 0.5) is 0 Å². The van der Waals surface area contributed by atoms with Crippen molar-refractivity contribution in [2.24, 2.45) is 0 Å². The van der Waals surface area contributed by atoms with E-state index in [1.54, 1.807) is 33.5 Å². The molecule has 0 unspecified atom stereocenters. The summed E-state index contributed by atoms with van der Waals surface area (Å²) in [5.74, 6) is 0. The molecule has 0 radical (unpaired) electrons. The second kappa shape index (κ2) is 5.42. The van der Waals surface area contributed by atoms with Crippen LogP contribution in [0.15, 0.2) is 47.4 Å². The molecular formula is C15H12ClN3OS. The third-order valence-corrected chi connectivity index (χ3v) is 3.95. The SMILES string of the molecule is CCn1c(=S)c2cccnc2n(-c2cccc(Cl)c2)c1=O. The van der Waals surface area contributed by atoms with Gasteiger partial charge in [-0.05, 0) is 37.3 Å². The first-order valence-electron chi connectivity index (χ1n) is 6.50. The second-order valence-electron chi connectivity index (χ2n) is 4.52. The number of nitrogens with zero attached hydrogens (tertiary/aromatic N) is 3. The Morgan fingerprint density at radius 2 is 2.10 bits per heavy atom. The average Bonchev–Trinajstić information content (AvgIpc) is 2.48. The summed E-state index contributed by atoms with van der Waals surface area (Å²) in [6.07, 6.45) is 1.65. The van der Waals surface area contributed by atoms with Crippen LogP contribution in [0.25, 0.3) is 16.7 Å². The van der Waals surface area contributed by atoms with Gasteiger partial charge in [-0.15, -0.1) is 0 Å². The number of hydrogen-bond donors (Lipinski definition) is 0. The van der Waals surface area contributed by atoms with Gasteiger partial charge in [0.05, 0.1) is 11.1 Å². The highest BCUT2D eigenvalue weighted by atomic mass is 35.5. The van der Waals surface area contributed by atoms with Crippen molar-refractivity contribution < 1.29 is 0 Å². The quantitative estimate of drug-likeness (QED) is 0.678. The Labute approximate surface area is 131 Å². The average molecular weight is 318 g/mol. The summed E-state index contributed by atoms with van der Waals surface area (Å²) in [6.45, 7) is 2.39. The van der Waals surface area contributed by atoms with E-state index < -0.39 is 0 Å². The molecule has 4 nitrogen and oxygen atoms in total. The Balaban J connectivity index is 2.53. The first-order valence-corrected chi connectivity index (χ1v) is 7.28. The fraction of sp³-hybridized carbons (Fsp3) is 0.133. The molecule has 3 rings (SSSR count). The fourth-order valence-electron chi connectivity index (χ4n) is 2.31. The molecule has 2 aromatic heterocycles. The summed E-state index contributed by atoms with van der Waals surface area (Å²) in [7, 11) is 0. The molecule has 3 aromatic rings. The van der Waals surface area contributed by atoms with E-state index in [2.05, 4.69) is 4.98 Å². The third kappa shape index (κ3) is 2.28. The van der Waals surface area contributed by atoms with Crippen molar-refractivity contribution in [2.45, 2.75) is 13.5 Å². The molecular weight excluding hydrogens is 306 g/mol. The highest BCUT2D eigenvalue weighted by molar-refractivity contribution is 7.71. The standard InChI is InChI=1S/C15H12ClN3OS/c1-2-18-14(21)12-7-4-8-17-13(12)19(15(18)20)11-6-3-5-10(16)9-11/h3-9H,2H2,1H3. The van der Waals surface area contributed by atoms with Crippen molar-refractivity contribution in [3.8, 4) is 5.69 Å². The van der Waals surface area contributed by atoms with Crippen molar-refractivity contribution in [1.29, 1.82) is 0 Å². The summed E-state index contributed by atoms with van der Waals surface area (Å²) < 4.78 is 3.60. The highest BCUT2D eigenvalue weighted by Gasteiger charge is 2.12. The molecule has 0 aliphatic rings. The summed E-state index contributed by atoms with van der Waals surface area (Å²) in [4.78, 5) is 17.0. The van der Waals surface area contributed by atoms with Crippen molar-refractivity contribution in [3.05, 3.63) is 62.7 Å². The molecule has 106 valence electrons. The van der Waals surface area contributed by atoms with Gasteiger partial charge >= 0.3 is 5.69 Å². The number of halogens is 1. The van der Waals surface area contributed by atoms with Crippen molar-refractivity contribution in [1.82, 2.24) is 14.1 Å². The predicted octanol–water partition coefficient (Wildman–Crippen LogP) is 3.59. The Kier molecular flexibility index (Phi) is 3.61. The smallest absolute Gasteiger partial charge is 0.284 e. The third-order valence-electron chi connectivity index (χ3n) is 3.28. The van der Waals surface area contributed by atoms with Crippen LogP contribution in [-0.4, -0.2) is 14.1 Å². The lowest BCUT2D eigenvalue weighted by Gasteiger charge is -2.13.